The summed E-state index contributed by atoms with van der Waals surface area (Å²) in [5.74, 6) is -1.29. The number of carbonyl (C=O) groups is 2. The first kappa shape index (κ1) is 15.0. The molecule has 8 heteroatoms. The van der Waals surface area contributed by atoms with Gasteiger partial charge in [-0.25, -0.2) is 13.1 Å². The predicted octanol–water partition coefficient (Wildman–Crippen LogP) is 0.517. The van der Waals surface area contributed by atoms with E-state index in [0.717, 1.165) is 4.90 Å². The van der Waals surface area contributed by atoms with E-state index in [1.54, 1.807) is 24.3 Å². The number of imide groups is 1. The van der Waals surface area contributed by atoms with Gasteiger partial charge in [0, 0.05) is 12.1 Å². The molecule has 108 valence electrons. The molecule has 1 N–H and O–H groups in total. The third-order valence-corrected chi connectivity index (χ3v) is 4.71. The smallest absolute Gasteiger partial charge is 0.247 e. The van der Waals surface area contributed by atoms with Crippen molar-refractivity contribution in [2.45, 2.75) is 18.2 Å². The molecule has 1 aliphatic heterocycles. The quantitative estimate of drug-likeness (QED) is 0.821. The van der Waals surface area contributed by atoms with Gasteiger partial charge in [0.05, 0.1) is 12.2 Å². The Balaban J connectivity index is 2.11. The second-order valence-corrected chi connectivity index (χ2v) is 6.68. The Hall–Kier alpha value is -1.44. The Labute approximate surface area is 121 Å². The minimum absolute atomic E-state index is 0.156. The maximum atomic E-state index is 12.0. The summed E-state index contributed by atoms with van der Waals surface area (Å²) >= 11 is 5.90. The van der Waals surface area contributed by atoms with Crippen molar-refractivity contribution >= 4 is 33.4 Å². The van der Waals surface area contributed by atoms with Gasteiger partial charge in [-0.3, -0.25) is 14.5 Å². The largest absolute Gasteiger partial charge is 0.284 e. The number of nitrogens with one attached hydrogen (secondary N) is 1. The molecule has 0 saturated carbocycles. The SMILES string of the molecule is CN1C(=O)CC(NS(=O)(=O)Cc2ccccc2Cl)C1=O. The molecular weight excluding hydrogens is 304 g/mol. The molecule has 1 unspecified atom stereocenters. The highest BCUT2D eigenvalue weighted by molar-refractivity contribution is 7.88. The number of rotatable bonds is 4. The first-order chi connectivity index (χ1) is 9.30. The zero-order valence-electron chi connectivity index (χ0n) is 10.7. The van der Waals surface area contributed by atoms with E-state index in [0.29, 0.717) is 10.6 Å². The number of amides is 2. The van der Waals surface area contributed by atoms with Crippen molar-refractivity contribution in [1.82, 2.24) is 9.62 Å². The summed E-state index contributed by atoms with van der Waals surface area (Å²) in [6, 6.07) is 5.52. The molecule has 1 aromatic rings. The first-order valence-corrected chi connectivity index (χ1v) is 7.87. The van der Waals surface area contributed by atoms with E-state index in [2.05, 4.69) is 4.72 Å². The van der Waals surface area contributed by atoms with Gasteiger partial charge in [-0.2, -0.15) is 0 Å². The van der Waals surface area contributed by atoms with Crippen LogP contribution >= 0.6 is 11.6 Å². The van der Waals surface area contributed by atoms with Crippen LogP contribution < -0.4 is 4.72 Å². The second kappa shape index (κ2) is 5.51. The van der Waals surface area contributed by atoms with E-state index in [9.17, 15) is 18.0 Å². The minimum Gasteiger partial charge on any atom is -0.284 e. The van der Waals surface area contributed by atoms with Crippen molar-refractivity contribution in [1.29, 1.82) is 0 Å². The van der Waals surface area contributed by atoms with Gasteiger partial charge in [-0.15, -0.1) is 0 Å². The van der Waals surface area contributed by atoms with Crippen molar-refractivity contribution in [3.63, 3.8) is 0 Å². The van der Waals surface area contributed by atoms with Crippen LogP contribution in [0.4, 0.5) is 0 Å². The van der Waals surface area contributed by atoms with Crippen molar-refractivity contribution < 1.29 is 18.0 Å². The van der Waals surface area contributed by atoms with Crippen molar-refractivity contribution in [3.05, 3.63) is 34.9 Å². The molecule has 6 nitrogen and oxygen atoms in total. The standard InChI is InChI=1S/C12H13ClN2O4S/c1-15-11(16)6-10(12(15)17)14-20(18,19)7-8-4-2-3-5-9(8)13/h2-5,10,14H,6-7H2,1H3. The zero-order valence-corrected chi connectivity index (χ0v) is 12.2. The predicted molar refractivity (Wildman–Crippen MR) is 73.4 cm³/mol. The van der Waals surface area contributed by atoms with E-state index in [1.807, 2.05) is 0 Å². The van der Waals surface area contributed by atoms with Crippen LogP contribution in [-0.2, 0) is 25.4 Å². The molecule has 1 heterocycles. The van der Waals surface area contributed by atoms with Crippen LogP contribution in [0.15, 0.2) is 24.3 Å². The maximum absolute atomic E-state index is 12.0. The molecule has 1 atom stereocenters. The number of carbonyl (C=O) groups excluding carboxylic acids is 2. The maximum Gasteiger partial charge on any atom is 0.247 e. The number of benzene rings is 1. The minimum atomic E-state index is -3.75. The average Bonchev–Trinajstić information content (AvgIpc) is 2.59. The fourth-order valence-corrected chi connectivity index (χ4v) is 3.57. The molecule has 20 heavy (non-hydrogen) atoms. The van der Waals surface area contributed by atoms with E-state index < -0.39 is 27.9 Å². The monoisotopic (exact) mass is 316 g/mol. The van der Waals surface area contributed by atoms with Gasteiger partial charge in [0.15, 0.2) is 0 Å². The Morgan fingerprint density at radius 2 is 2.00 bits per heavy atom. The molecule has 2 rings (SSSR count). The third-order valence-electron chi connectivity index (χ3n) is 3.01. The molecule has 1 fully saturated rings. The van der Waals surface area contributed by atoms with Crippen LogP contribution in [0.2, 0.25) is 5.02 Å². The van der Waals surface area contributed by atoms with Crippen LogP contribution in [0.25, 0.3) is 0 Å². The summed E-state index contributed by atoms with van der Waals surface area (Å²) in [5, 5.41) is 0.337. The van der Waals surface area contributed by atoms with Gasteiger partial charge in [0.25, 0.3) is 0 Å². The number of likely N-dealkylation sites (N-methyl/N-ethyl adjacent to an activating group) is 1. The topological polar surface area (TPSA) is 83.6 Å². The molecule has 0 radical (unpaired) electrons. The number of halogens is 1. The van der Waals surface area contributed by atoms with Crippen LogP contribution in [0.3, 0.4) is 0 Å². The Morgan fingerprint density at radius 1 is 1.35 bits per heavy atom. The van der Waals surface area contributed by atoms with E-state index in [1.165, 1.54) is 7.05 Å². The molecule has 1 saturated heterocycles. The van der Waals surface area contributed by atoms with E-state index >= 15 is 0 Å². The second-order valence-electron chi connectivity index (χ2n) is 4.52. The lowest BCUT2D eigenvalue weighted by atomic mass is 10.2. The number of likely N-dealkylation sites (tertiary alicyclic amines) is 1. The lowest BCUT2D eigenvalue weighted by Crippen LogP contribution is -2.41. The normalized spacial score (nSPS) is 19.7. The number of nitrogens with zero attached hydrogens (tertiary/aromatic N) is 1. The molecule has 2 amide bonds. The fourth-order valence-electron chi connectivity index (χ4n) is 1.93. The summed E-state index contributed by atoms with van der Waals surface area (Å²) in [6.07, 6.45) is -0.156. The van der Waals surface area contributed by atoms with Crippen molar-refractivity contribution in [3.8, 4) is 0 Å². The fraction of sp³-hybridized carbons (Fsp3) is 0.333. The van der Waals surface area contributed by atoms with Crippen LogP contribution in [-0.4, -0.2) is 38.2 Å². The molecular formula is C12H13ClN2O4S. The Morgan fingerprint density at radius 3 is 2.55 bits per heavy atom. The first-order valence-electron chi connectivity index (χ1n) is 5.84. The van der Waals surface area contributed by atoms with Gasteiger partial charge in [0.2, 0.25) is 21.8 Å². The summed E-state index contributed by atoms with van der Waals surface area (Å²) in [5.41, 5.74) is 0.437. The Bertz CT molecular complexity index is 659. The zero-order chi connectivity index (χ0) is 14.9. The van der Waals surface area contributed by atoms with Gasteiger partial charge >= 0.3 is 0 Å². The van der Waals surface area contributed by atoms with Crippen LogP contribution in [0.1, 0.15) is 12.0 Å². The molecule has 1 aromatic carbocycles. The van der Waals surface area contributed by atoms with Gasteiger partial charge in [-0.1, -0.05) is 29.8 Å². The number of hydrogen-bond acceptors (Lipinski definition) is 4. The molecule has 0 bridgehead atoms. The van der Waals surface area contributed by atoms with Crippen LogP contribution in [0, 0.1) is 0 Å². The van der Waals surface area contributed by atoms with Crippen molar-refractivity contribution in [2.24, 2.45) is 0 Å². The highest BCUT2D eigenvalue weighted by Crippen LogP contribution is 2.18. The summed E-state index contributed by atoms with van der Waals surface area (Å²) in [7, 11) is -2.43. The van der Waals surface area contributed by atoms with Crippen LogP contribution in [0.5, 0.6) is 0 Å². The summed E-state index contributed by atoms with van der Waals surface area (Å²) < 4.78 is 26.3. The average molecular weight is 317 g/mol. The van der Waals surface area contributed by atoms with E-state index in [4.69, 9.17) is 11.6 Å². The lowest BCUT2D eigenvalue weighted by molar-refractivity contribution is -0.137. The molecule has 0 aliphatic carbocycles. The summed E-state index contributed by atoms with van der Waals surface area (Å²) in [6.45, 7) is 0. The van der Waals surface area contributed by atoms with Gasteiger partial charge < -0.3 is 0 Å². The molecule has 1 aliphatic rings. The highest BCUT2D eigenvalue weighted by atomic mass is 35.5. The van der Waals surface area contributed by atoms with Gasteiger partial charge in [-0.05, 0) is 11.6 Å². The third kappa shape index (κ3) is 3.17. The van der Waals surface area contributed by atoms with Gasteiger partial charge in [0.1, 0.15) is 6.04 Å². The summed E-state index contributed by atoms with van der Waals surface area (Å²) in [4.78, 5) is 23.9. The highest BCUT2D eigenvalue weighted by Gasteiger charge is 2.38. The Kier molecular flexibility index (Phi) is 4.12. The van der Waals surface area contributed by atoms with E-state index in [-0.39, 0.29) is 12.2 Å². The number of sulfonamides is 1. The lowest BCUT2D eigenvalue weighted by Gasteiger charge is -2.12. The number of hydrogen-bond donors (Lipinski definition) is 1. The molecule has 0 spiro atoms. The molecule has 0 aromatic heterocycles. The van der Waals surface area contributed by atoms with Crippen molar-refractivity contribution in [2.75, 3.05) is 7.05 Å².